The summed E-state index contributed by atoms with van der Waals surface area (Å²) in [7, 11) is 0. The molecule has 2 N–H and O–H groups in total. The maximum atomic E-state index is 12.2. The first-order chi connectivity index (χ1) is 13.1. The van der Waals surface area contributed by atoms with Gasteiger partial charge in [-0.05, 0) is 41.0 Å². The van der Waals surface area contributed by atoms with Crippen LogP contribution >= 0.6 is 0 Å². The molecule has 5 heteroatoms. The van der Waals surface area contributed by atoms with E-state index in [1.165, 1.54) is 0 Å². The van der Waals surface area contributed by atoms with Crippen molar-refractivity contribution >= 4 is 12.1 Å². The first kappa shape index (κ1) is 17.6. The monoisotopic (exact) mass is 365 g/mol. The number of hydrogen-bond donors (Lipinski definition) is 2. The summed E-state index contributed by atoms with van der Waals surface area (Å²) >= 11 is 0. The van der Waals surface area contributed by atoms with Crippen LogP contribution in [0.25, 0.3) is 11.1 Å². The second-order valence-electron chi connectivity index (χ2n) is 7.38. The molecular weight excluding hydrogens is 342 g/mol. The van der Waals surface area contributed by atoms with Gasteiger partial charge < -0.3 is 15.2 Å². The Bertz CT molecular complexity index is 813. The molecule has 1 fully saturated rings. The molecule has 0 bridgehead atoms. The molecule has 1 amide bonds. The molecule has 27 heavy (non-hydrogen) atoms. The zero-order valence-electron chi connectivity index (χ0n) is 15.1. The molecule has 0 aromatic heterocycles. The maximum absolute atomic E-state index is 12.2. The Hall–Kier alpha value is -2.82. The summed E-state index contributed by atoms with van der Waals surface area (Å²) in [5.41, 5.74) is 4.59. The smallest absolute Gasteiger partial charge is 0.407 e. The summed E-state index contributed by atoms with van der Waals surface area (Å²) in [6.07, 6.45) is 2.94. The van der Waals surface area contributed by atoms with Gasteiger partial charge >= 0.3 is 12.1 Å². The van der Waals surface area contributed by atoms with Gasteiger partial charge in [-0.1, -0.05) is 61.4 Å². The number of benzene rings is 2. The Balaban J connectivity index is 1.40. The Morgan fingerprint density at radius 3 is 2.19 bits per heavy atom. The third kappa shape index (κ3) is 3.82. The van der Waals surface area contributed by atoms with Gasteiger partial charge in [0, 0.05) is 5.92 Å². The number of rotatable bonds is 7. The zero-order chi connectivity index (χ0) is 18.8. The summed E-state index contributed by atoms with van der Waals surface area (Å²) in [4.78, 5) is 23.6. The van der Waals surface area contributed by atoms with E-state index in [2.05, 4.69) is 29.6 Å². The van der Waals surface area contributed by atoms with Crippen LogP contribution in [0.15, 0.2) is 48.5 Å². The van der Waals surface area contributed by atoms with Crippen molar-refractivity contribution in [2.75, 3.05) is 6.61 Å². The first-order valence-electron chi connectivity index (χ1n) is 9.48. The van der Waals surface area contributed by atoms with E-state index in [1.54, 1.807) is 0 Å². The standard InChI is InChI=1S/C22H23NO4/c24-21(25)20(12-11-14-9-10-14)23-22(26)27-13-19-17-7-3-1-5-15(17)16-6-2-4-8-18(16)19/h1-8,14,19-20H,9-13H2,(H,23,26)(H,24,25). The molecule has 0 saturated heterocycles. The third-order valence-electron chi connectivity index (χ3n) is 5.49. The Kier molecular flexibility index (Phi) is 4.84. The third-order valence-corrected chi connectivity index (χ3v) is 5.49. The van der Waals surface area contributed by atoms with E-state index in [1.807, 2.05) is 24.3 Å². The van der Waals surface area contributed by atoms with E-state index in [-0.39, 0.29) is 12.5 Å². The van der Waals surface area contributed by atoms with E-state index in [4.69, 9.17) is 4.74 Å². The van der Waals surface area contributed by atoms with E-state index >= 15 is 0 Å². The van der Waals surface area contributed by atoms with Gasteiger partial charge in [0.25, 0.3) is 0 Å². The fraction of sp³-hybridized carbons (Fsp3) is 0.364. The van der Waals surface area contributed by atoms with Gasteiger partial charge in [0.05, 0.1) is 0 Å². The fourth-order valence-electron chi connectivity index (χ4n) is 3.85. The number of hydrogen-bond acceptors (Lipinski definition) is 3. The summed E-state index contributed by atoms with van der Waals surface area (Å²) in [6.45, 7) is 0.189. The van der Waals surface area contributed by atoms with Crippen LogP contribution in [0.4, 0.5) is 4.79 Å². The lowest BCUT2D eigenvalue weighted by molar-refractivity contribution is -0.139. The molecule has 0 spiro atoms. The lowest BCUT2D eigenvalue weighted by Crippen LogP contribution is -2.41. The van der Waals surface area contributed by atoms with Crippen molar-refractivity contribution in [2.24, 2.45) is 5.92 Å². The van der Waals surface area contributed by atoms with Crippen LogP contribution in [-0.4, -0.2) is 29.8 Å². The zero-order valence-corrected chi connectivity index (χ0v) is 15.1. The average molecular weight is 365 g/mol. The van der Waals surface area contributed by atoms with E-state index < -0.39 is 18.1 Å². The van der Waals surface area contributed by atoms with Gasteiger partial charge in [0.1, 0.15) is 12.6 Å². The molecular formula is C22H23NO4. The van der Waals surface area contributed by atoms with Crippen molar-refractivity contribution in [2.45, 2.75) is 37.6 Å². The molecule has 4 rings (SSSR count). The summed E-state index contributed by atoms with van der Waals surface area (Å²) < 4.78 is 5.43. The Morgan fingerprint density at radius 2 is 1.63 bits per heavy atom. The fourth-order valence-corrected chi connectivity index (χ4v) is 3.85. The molecule has 2 aliphatic carbocycles. The number of nitrogens with one attached hydrogen (secondary N) is 1. The average Bonchev–Trinajstić information content (AvgIpc) is 3.45. The second-order valence-corrected chi connectivity index (χ2v) is 7.38. The van der Waals surface area contributed by atoms with Crippen LogP contribution in [0.2, 0.25) is 0 Å². The molecule has 1 unspecified atom stereocenters. The minimum atomic E-state index is -1.01. The summed E-state index contributed by atoms with van der Waals surface area (Å²) in [5.74, 6) is -0.418. The predicted octanol–water partition coefficient (Wildman–Crippen LogP) is 4.17. The highest BCUT2D eigenvalue weighted by atomic mass is 16.5. The Labute approximate surface area is 158 Å². The number of ether oxygens (including phenoxy) is 1. The highest BCUT2D eigenvalue weighted by Crippen LogP contribution is 2.44. The number of carbonyl (C=O) groups is 2. The van der Waals surface area contributed by atoms with Gasteiger partial charge in [0.2, 0.25) is 0 Å². The minimum Gasteiger partial charge on any atom is -0.480 e. The topological polar surface area (TPSA) is 75.6 Å². The van der Waals surface area contributed by atoms with Crippen molar-refractivity contribution in [1.29, 1.82) is 0 Å². The summed E-state index contributed by atoms with van der Waals surface area (Å²) in [5, 5.41) is 11.8. The van der Waals surface area contributed by atoms with Crippen LogP contribution in [-0.2, 0) is 9.53 Å². The van der Waals surface area contributed by atoms with Crippen molar-refractivity contribution in [3.05, 3.63) is 59.7 Å². The van der Waals surface area contributed by atoms with Crippen molar-refractivity contribution < 1.29 is 19.4 Å². The van der Waals surface area contributed by atoms with Gasteiger partial charge in [-0.15, -0.1) is 0 Å². The highest BCUT2D eigenvalue weighted by Gasteiger charge is 2.30. The van der Waals surface area contributed by atoms with E-state index in [9.17, 15) is 14.7 Å². The number of amides is 1. The van der Waals surface area contributed by atoms with Gasteiger partial charge in [-0.2, -0.15) is 0 Å². The molecule has 2 aromatic rings. The molecule has 0 aliphatic heterocycles. The largest absolute Gasteiger partial charge is 0.480 e. The van der Waals surface area contributed by atoms with Gasteiger partial charge in [-0.25, -0.2) is 9.59 Å². The van der Waals surface area contributed by atoms with Crippen LogP contribution in [0.5, 0.6) is 0 Å². The van der Waals surface area contributed by atoms with Crippen molar-refractivity contribution in [3.63, 3.8) is 0 Å². The van der Waals surface area contributed by atoms with Gasteiger partial charge in [-0.3, -0.25) is 0 Å². The molecule has 0 heterocycles. The second kappa shape index (κ2) is 7.43. The number of carboxylic acid groups (broad SMARTS) is 1. The molecule has 1 saturated carbocycles. The summed E-state index contributed by atoms with van der Waals surface area (Å²) in [6, 6.07) is 15.3. The Morgan fingerprint density at radius 1 is 1.04 bits per heavy atom. The predicted molar refractivity (Wildman–Crippen MR) is 102 cm³/mol. The van der Waals surface area contributed by atoms with Crippen LogP contribution in [0.1, 0.15) is 42.7 Å². The highest BCUT2D eigenvalue weighted by molar-refractivity contribution is 5.81. The van der Waals surface area contributed by atoms with Crippen LogP contribution < -0.4 is 5.32 Å². The number of carbonyl (C=O) groups excluding carboxylic acids is 1. The van der Waals surface area contributed by atoms with E-state index in [0.29, 0.717) is 12.3 Å². The number of aliphatic carboxylic acids is 1. The lowest BCUT2D eigenvalue weighted by Gasteiger charge is -2.17. The van der Waals surface area contributed by atoms with Crippen LogP contribution in [0, 0.1) is 5.92 Å². The molecule has 2 aromatic carbocycles. The van der Waals surface area contributed by atoms with Crippen LogP contribution in [0.3, 0.4) is 0 Å². The number of fused-ring (bicyclic) bond motifs is 3. The number of carboxylic acids is 1. The first-order valence-corrected chi connectivity index (χ1v) is 9.48. The molecule has 5 nitrogen and oxygen atoms in total. The van der Waals surface area contributed by atoms with Crippen molar-refractivity contribution in [3.8, 4) is 11.1 Å². The maximum Gasteiger partial charge on any atom is 0.407 e. The van der Waals surface area contributed by atoms with E-state index in [0.717, 1.165) is 41.5 Å². The quantitative estimate of drug-likeness (QED) is 0.772. The normalized spacial score (nSPS) is 16.3. The minimum absolute atomic E-state index is 0.0297. The van der Waals surface area contributed by atoms with Gasteiger partial charge in [0.15, 0.2) is 0 Å². The molecule has 1 atom stereocenters. The van der Waals surface area contributed by atoms with Crippen molar-refractivity contribution in [1.82, 2.24) is 5.32 Å². The lowest BCUT2D eigenvalue weighted by atomic mass is 9.98. The molecule has 0 radical (unpaired) electrons. The SMILES string of the molecule is O=C(NC(CCC1CC1)C(=O)O)OCC1c2ccccc2-c2ccccc21. The molecule has 2 aliphatic rings. The molecule has 140 valence electrons. The number of alkyl carbamates (subject to hydrolysis) is 1.